The van der Waals surface area contributed by atoms with Gasteiger partial charge in [0.1, 0.15) is 0 Å². The van der Waals surface area contributed by atoms with Crippen LogP contribution in [0.2, 0.25) is 0 Å². The molecule has 6 aliphatic heterocycles. The molecule has 0 aromatic heterocycles. The fraction of sp³-hybridized carbons (Fsp3) is 0.0182. The summed E-state index contributed by atoms with van der Waals surface area (Å²) in [5.74, 6) is 0. The van der Waals surface area contributed by atoms with E-state index in [4.69, 9.17) is 4.11 Å². The van der Waals surface area contributed by atoms with Gasteiger partial charge in [0.25, 0.3) is 6.71 Å². The van der Waals surface area contributed by atoms with Crippen LogP contribution in [0.25, 0.3) is 22.3 Å². The van der Waals surface area contributed by atoms with Gasteiger partial charge in [0.15, 0.2) is 16.1 Å². The van der Waals surface area contributed by atoms with Crippen molar-refractivity contribution in [2.45, 2.75) is 6.85 Å². The number of para-hydroxylation sites is 4. The average molecular weight is 796 g/mol. The topological polar surface area (TPSA) is 6.48 Å². The van der Waals surface area contributed by atoms with Crippen LogP contribution in [-0.4, -0.2) is 22.9 Å². The average Bonchev–Trinajstić information content (AvgIpc) is 3.79. The Morgan fingerprint density at radius 3 is 1.13 bits per heavy atom. The number of hydrogen-bond donors (Lipinski definition) is 0. The summed E-state index contributed by atoms with van der Waals surface area (Å²) in [4.78, 5) is 4.50. The molecule has 0 amide bonds. The van der Waals surface area contributed by atoms with E-state index in [1.165, 1.54) is 63.7 Å². The molecule has 0 radical (unpaired) electrons. The van der Waals surface area contributed by atoms with Crippen molar-refractivity contribution >= 4 is 115 Å². The van der Waals surface area contributed by atoms with Crippen LogP contribution in [0.4, 0.5) is 34.1 Å². The highest BCUT2D eigenvalue weighted by Crippen LogP contribution is 2.48. The van der Waals surface area contributed by atoms with E-state index in [2.05, 4.69) is 192 Å². The predicted octanol–water partition coefficient (Wildman–Crippen LogP) is 5.42. The largest absolute Gasteiger partial charge is 0.312 e. The third-order valence-corrected chi connectivity index (χ3v) is 24.6. The Balaban J connectivity index is 1.14. The number of nitrogens with zero attached hydrogens (tertiary/aromatic N) is 2. The molecule has 0 unspecified atom stereocenters. The smallest absolute Gasteiger partial charge is 0.252 e. The monoisotopic (exact) mass is 795 g/mol. The quantitative estimate of drug-likeness (QED) is 0.190. The minimum absolute atomic E-state index is 0.103. The Kier molecular flexibility index (Phi) is 5.00. The van der Waals surface area contributed by atoms with Gasteiger partial charge in [-0.1, -0.05) is 170 Å². The number of rotatable bonds is 0. The van der Waals surface area contributed by atoms with E-state index in [1.807, 2.05) is 0 Å². The van der Waals surface area contributed by atoms with Crippen molar-refractivity contribution in [2.75, 3.05) is 9.80 Å². The maximum Gasteiger partial charge on any atom is 0.252 e. The van der Waals surface area contributed by atoms with E-state index < -0.39 is 23.0 Å². The minimum Gasteiger partial charge on any atom is -0.312 e. The Morgan fingerprint density at radius 2 is 0.733 bits per heavy atom. The van der Waals surface area contributed by atoms with E-state index in [0.29, 0.717) is 11.4 Å². The van der Waals surface area contributed by atoms with Gasteiger partial charge in [-0.25, -0.2) is 0 Å². The third kappa shape index (κ3) is 3.37. The van der Waals surface area contributed by atoms with E-state index in [-0.39, 0.29) is 24.4 Å². The molecule has 6 heterocycles. The Hall–Kier alpha value is -6.92. The van der Waals surface area contributed by atoms with Crippen molar-refractivity contribution in [1.29, 1.82) is 0 Å². The van der Waals surface area contributed by atoms with Crippen molar-refractivity contribution in [3.63, 3.8) is 0 Å². The molecular formula is C55H35BN2Si2. The summed E-state index contributed by atoms with van der Waals surface area (Å²) in [6.45, 7) is -3.12. The lowest BCUT2D eigenvalue weighted by atomic mass is 9.33. The second-order valence-corrected chi connectivity index (χ2v) is 24.4. The van der Waals surface area contributed by atoms with Crippen LogP contribution in [0.3, 0.4) is 0 Å². The highest BCUT2D eigenvalue weighted by atomic mass is 28.3. The number of fused-ring (bicyclic) bond motifs is 22. The number of benzene rings is 9. The molecule has 0 atom stereocenters. The van der Waals surface area contributed by atoms with Gasteiger partial charge in [0.05, 0.1) is 2.74 Å². The van der Waals surface area contributed by atoms with E-state index >= 15 is 0 Å². The molecule has 9 aromatic rings. The summed E-state index contributed by atoms with van der Waals surface area (Å²) >= 11 is 0. The van der Waals surface area contributed by atoms with Gasteiger partial charge in [-0.3, -0.25) is 0 Å². The second kappa shape index (κ2) is 10.8. The lowest BCUT2D eigenvalue weighted by molar-refractivity contribution is 1.24. The second-order valence-electron chi connectivity index (χ2n) is 17.0. The van der Waals surface area contributed by atoms with Crippen molar-refractivity contribution in [2.24, 2.45) is 0 Å². The van der Waals surface area contributed by atoms with Gasteiger partial charge in [0, 0.05) is 38.2 Å². The molecule has 0 bridgehead atoms. The van der Waals surface area contributed by atoms with Gasteiger partial charge in [-0.15, -0.1) is 0 Å². The SMILES string of the molecule is [2H]c1c2c3c(c([2H])c1C([2H])([2H])[2H])N1c4ccccc4[Si]4(c5ccccc5-c5ccccc54)c4cccc(c41)B3c1cccc3c1N2c1ccccc1[Si]31c2ccccc2-c2ccccc21. The van der Waals surface area contributed by atoms with E-state index in [0.717, 1.165) is 39.1 Å². The highest BCUT2D eigenvalue weighted by molar-refractivity contribution is 7.25. The lowest BCUT2D eigenvalue weighted by Crippen LogP contribution is -2.79. The maximum absolute atomic E-state index is 10.2. The van der Waals surface area contributed by atoms with Gasteiger partial charge in [-0.2, -0.15) is 0 Å². The molecule has 60 heavy (non-hydrogen) atoms. The molecule has 0 saturated carbocycles. The summed E-state index contributed by atoms with van der Waals surface area (Å²) in [5, 5.41) is 10.3. The van der Waals surface area contributed by atoms with Crippen molar-refractivity contribution in [1.82, 2.24) is 0 Å². The molecule has 2 spiro atoms. The molecule has 6 aliphatic rings. The first-order chi connectivity index (χ1) is 31.8. The highest BCUT2D eigenvalue weighted by Gasteiger charge is 2.59. The van der Waals surface area contributed by atoms with Crippen molar-refractivity contribution in [3.05, 3.63) is 200 Å². The third-order valence-electron chi connectivity index (χ3n) is 14.7. The molecule has 15 rings (SSSR count). The van der Waals surface area contributed by atoms with Crippen LogP contribution in [-0.2, 0) is 0 Å². The zero-order chi connectivity index (χ0) is 43.3. The molecule has 0 saturated heterocycles. The standard InChI is InChI=1S/C55H35BN2Si2/c1-34-32-43-53-44(33-34)58-42-23-7-13-29-50(42)60(47-26-10-4-18-37(47)38-19-5-11-27-48(38)60)52-31-15-21-40(55(52)58)56(53)39-20-14-30-51-54(39)57(43)41-22-6-12-28-49(41)59(51)45-24-8-2-16-35(45)36-17-3-9-25-46(36)59/h2-33H,1H3/i1D3,32D,33D. The van der Waals surface area contributed by atoms with Crippen LogP contribution >= 0.6 is 0 Å². The van der Waals surface area contributed by atoms with Gasteiger partial charge in [-0.05, 0) is 117 Å². The molecule has 2 nitrogen and oxygen atoms in total. The molecule has 0 N–H and O–H groups in total. The summed E-state index contributed by atoms with van der Waals surface area (Å²) < 4.78 is 47.8. The van der Waals surface area contributed by atoms with Crippen LogP contribution in [0.1, 0.15) is 12.4 Å². The Bertz CT molecular complexity index is 3380. The normalized spacial score (nSPS) is 17.3. The summed E-state index contributed by atoms with van der Waals surface area (Å²) in [7, 11) is -6.03. The maximum atomic E-state index is 10.2. The lowest BCUT2D eigenvalue weighted by Gasteiger charge is -2.52. The first-order valence-corrected chi connectivity index (χ1v) is 24.9. The molecule has 9 aromatic carbocycles. The van der Waals surface area contributed by atoms with Gasteiger partial charge < -0.3 is 9.80 Å². The van der Waals surface area contributed by atoms with E-state index in [1.54, 1.807) is 0 Å². The number of anilines is 6. The zero-order valence-electron chi connectivity index (χ0n) is 37.3. The number of hydrogen-bond acceptors (Lipinski definition) is 2. The molecule has 276 valence electrons. The van der Waals surface area contributed by atoms with Gasteiger partial charge >= 0.3 is 0 Å². The zero-order valence-corrected chi connectivity index (χ0v) is 34.3. The molecular weight excluding hydrogens is 756 g/mol. The summed E-state index contributed by atoms with van der Waals surface area (Å²) in [5.41, 5.74) is 13.0. The fourth-order valence-electron chi connectivity index (χ4n) is 12.9. The van der Waals surface area contributed by atoms with Crippen LogP contribution < -0.4 is 67.7 Å². The van der Waals surface area contributed by atoms with Gasteiger partial charge in [0.2, 0.25) is 0 Å². The summed E-state index contributed by atoms with van der Waals surface area (Å²) in [6.07, 6.45) is 0. The summed E-state index contributed by atoms with van der Waals surface area (Å²) in [6, 6.07) is 66.5. The first-order valence-electron chi connectivity index (χ1n) is 23.4. The van der Waals surface area contributed by atoms with Crippen molar-refractivity contribution < 1.29 is 6.85 Å². The van der Waals surface area contributed by atoms with Crippen LogP contribution in [0.5, 0.6) is 0 Å². The Labute approximate surface area is 358 Å². The van der Waals surface area contributed by atoms with Crippen molar-refractivity contribution in [3.8, 4) is 22.3 Å². The van der Waals surface area contributed by atoms with Crippen LogP contribution in [0, 0.1) is 6.85 Å². The Morgan fingerprint density at radius 1 is 0.383 bits per heavy atom. The minimum atomic E-state index is -3.01. The molecule has 5 heteroatoms. The first kappa shape index (κ1) is 27.7. The van der Waals surface area contributed by atoms with E-state index in [9.17, 15) is 2.74 Å². The van der Waals surface area contributed by atoms with Crippen LogP contribution in [0.15, 0.2) is 194 Å². The molecule has 0 aliphatic carbocycles. The fourth-order valence-corrected chi connectivity index (χ4v) is 24.0. The molecule has 0 fully saturated rings. The predicted molar refractivity (Wildman–Crippen MR) is 258 cm³/mol.